The number of carbonyl (C=O) groups excluding carboxylic acids is 2. The van der Waals surface area contributed by atoms with E-state index in [2.05, 4.69) is 15.7 Å². The van der Waals surface area contributed by atoms with E-state index in [1.165, 1.54) is 11.3 Å². The van der Waals surface area contributed by atoms with E-state index in [9.17, 15) is 9.59 Å². The second-order valence-corrected chi connectivity index (χ2v) is 5.75. The highest BCUT2D eigenvalue weighted by molar-refractivity contribution is 7.18. The third kappa shape index (κ3) is 3.84. The summed E-state index contributed by atoms with van der Waals surface area (Å²) in [5.41, 5.74) is 3.27. The van der Waals surface area contributed by atoms with Gasteiger partial charge in [-0.25, -0.2) is 10.4 Å². The molecule has 1 aromatic heterocycles. The molecule has 2 rings (SSSR count). The summed E-state index contributed by atoms with van der Waals surface area (Å²) >= 11 is 1.50. The molecule has 0 aliphatic carbocycles. The monoisotopic (exact) mass is 306 g/mol. The van der Waals surface area contributed by atoms with E-state index in [0.717, 1.165) is 21.6 Å². The Morgan fingerprint density at radius 2 is 2.14 bits per heavy atom. The minimum Gasteiger partial charge on any atom is -0.343 e. The van der Waals surface area contributed by atoms with Crippen LogP contribution >= 0.6 is 11.3 Å². The fraction of sp³-hybridized carbons (Fsp3) is 0.357. The molecule has 4 N–H and O–H groups in total. The summed E-state index contributed by atoms with van der Waals surface area (Å²) in [7, 11) is 0. The number of hydrogen-bond acceptors (Lipinski definition) is 6. The van der Waals surface area contributed by atoms with E-state index in [1.54, 1.807) is 0 Å². The molecule has 0 aliphatic rings. The zero-order valence-corrected chi connectivity index (χ0v) is 12.6. The van der Waals surface area contributed by atoms with Crippen LogP contribution in [-0.2, 0) is 16.1 Å². The molecule has 0 aliphatic heterocycles. The number of nitrogens with two attached hydrogens (primary N) is 1. The van der Waals surface area contributed by atoms with Gasteiger partial charge in [-0.3, -0.25) is 15.4 Å². The molecule has 0 bridgehead atoms. The number of ketones is 1. The maximum absolute atomic E-state index is 11.9. The van der Waals surface area contributed by atoms with Crippen molar-refractivity contribution in [3.63, 3.8) is 0 Å². The molecule has 1 unspecified atom stereocenters. The number of nitrogens with one attached hydrogen (secondary N) is 2. The van der Waals surface area contributed by atoms with Crippen molar-refractivity contribution in [3.05, 3.63) is 29.3 Å². The van der Waals surface area contributed by atoms with Crippen LogP contribution in [0.4, 0.5) is 0 Å². The zero-order chi connectivity index (χ0) is 15.2. The zero-order valence-electron chi connectivity index (χ0n) is 11.8. The van der Waals surface area contributed by atoms with Crippen molar-refractivity contribution >= 4 is 33.2 Å². The molecular formula is C14H18N4O2S. The molecule has 0 fully saturated rings. The molecule has 7 heteroatoms. The first-order valence-electron chi connectivity index (χ1n) is 6.78. The van der Waals surface area contributed by atoms with Crippen LogP contribution in [0, 0.1) is 0 Å². The molecule has 1 atom stereocenters. The van der Waals surface area contributed by atoms with Gasteiger partial charge in [-0.15, -0.1) is 11.3 Å². The van der Waals surface area contributed by atoms with Gasteiger partial charge in [0.1, 0.15) is 5.01 Å². The Morgan fingerprint density at radius 1 is 1.38 bits per heavy atom. The number of para-hydroxylation sites is 1. The first-order valence-corrected chi connectivity index (χ1v) is 7.60. The first-order chi connectivity index (χ1) is 10.2. The SMILES string of the molecule is CCCC(NN)C(=O)C(=O)NCc1nc2ccccc2s1. The van der Waals surface area contributed by atoms with Crippen molar-refractivity contribution in [2.75, 3.05) is 0 Å². The van der Waals surface area contributed by atoms with Gasteiger partial charge in [-0.1, -0.05) is 25.5 Å². The Morgan fingerprint density at radius 3 is 2.81 bits per heavy atom. The normalized spacial score (nSPS) is 12.3. The second kappa shape index (κ2) is 7.26. The van der Waals surface area contributed by atoms with Crippen LogP contribution < -0.4 is 16.6 Å². The van der Waals surface area contributed by atoms with Crippen LogP contribution in [0.15, 0.2) is 24.3 Å². The van der Waals surface area contributed by atoms with Crippen molar-refractivity contribution in [1.82, 2.24) is 15.7 Å². The minimum absolute atomic E-state index is 0.243. The molecule has 6 nitrogen and oxygen atoms in total. The van der Waals surface area contributed by atoms with Gasteiger partial charge in [-0.2, -0.15) is 0 Å². The number of carbonyl (C=O) groups is 2. The predicted octanol–water partition coefficient (Wildman–Crippen LogP) is 1.11. The number of rotatable bonds is 7. The van der Waals surface area contributed by atoms with Crippen molar-refractivity contribution in [2.45, 2.75) is 32.4 Å². The van der Waals surface area contributed by atoms with E-state index < -0.39 is 17.7 Å². The second-order valence-electron chi connectivity index (χ2n) is 4.63. The van der Waals surface area contributed by atoms with Gasteiger partial charge in [0.25, 0.3) is 5.91 Å². The fourth-order valence-corrected chi connectivity index (χ4v) is 2.88. The van der Waals surface area contributed by atoms with Crippen molar-refractivity contribution < 1.29 is 9.59 Å². The number of benzene rings is 1. The van der Waals surface area contributed by atoms with Crippen LogP contribution in [0.25, 0.3) is 10.2 Å². The smallest absolute Gasteiger partial charge is 0.289 e. The quantitative estimate of drug-likeness (QED) is 0.404. The summed E-state index contributed by atoms with van der Waals surface area (Å²) in [4.78, 5) is 28.1. The summed E-state index contributed by atoms with van der Waals surface area (Å²) in [6.45, 7) is 2.17. The Bertz CT molecular complexity index is 608. The highest BCUT2D eigenvalue weighted by atomic mass is 32.1. The lowest BCUT2D eigenvalue weighted by Gasteiger charge is -2.12. The van der Waals surface area contributed by atoms with Crippen molar-refractivity contribution in [3.8, 4) is 0 Å². The molecule has 0 saturated carbocycles. The van der Waals surface area contributed by atoms with Crippen LogP contribution in [0.3, 0.4) is 0 Å². The average molecular weight is 306 g/mol. The van der Waals surface area contributed by atoms with Crippen LogP contribution in [0.1, 0.15) is 24.8 Å². The minimum atomic E-state index is -0.634. The van der Waals surface area contributed by atoms with Gasteiger partial charge in [0.2, 0.25) is 5.78 Å². The number of thiazole rings is 1. The van der Waals surface area contributed by atoms with Crippen LogP contribution in [-0.4, -0.2) is 22.7 Å². The Kier molecular flexibility index (Phi) is 5.38. The average Bonchev–Trinajstić information content (AvgIpc) is 2.92. The summed E-state index contributed by atoms with van der Waals surface area (Å²) < 4.78 is 1.06. The standard InChI is InChI=1S/C14H18N4O2S/c1-2-5-10(18-15)13(19)14(20)16-8-12-17-9-6-3-4-7-11(9)21-12/h3-4,6-7,10,18H,2,5,8,15H2,1H3,(H,16,20). The fourth-order valence-electron chi connectivity index (χ4n) is 1.98. The molecule has 0 radical (unpaired) electrons. The summed E-state index contributed by atoms with van der Waals surface area (Å²) in [6.07, 6.45) is 1.30. The van der Waals surface area contributed by atoms with E-state index >= 15 is 0 Å². The third-order valence-corrected chi connectivity index (χ3v) is 4.09. The number of amides is 1. The van der Waals surface area contributed by atoms with Gasteiger partial charge >= 0.3 is 0 Å². The lowest BCUT2D eigenvalue weighted by atomic mass is 10.1. The lowest BCUT2D eigenvalue weighted by Crippen LogP contribution is -2.47. The number of fused-ring (bicyclic) bond motifs is 1. The van der Waals surface area contributed by atoms with Crippen LogP contribution in [0.2, 0.25) is 0 Å². The van der Waals surface area contributed by atoms with E-state index in [0.29, 0.717) is 6.42 Å². The Hall–Kier alpha value is -1.83. The van der Waals surface area contributed by atoms with Gasteiger partial charge in [-0.05, 0) is 18.6 Å². The van der Waals surface area contributed by atoms with Crippen molar-refractivity contribution in [2.24, 2.45) is 5.84 Å². The van der Waals surface area contributed by atoms with Gasteiger partial charge in [0.15, 0.2) is 0 Å². The molecule has 1 heterocycles. The van der Waals surface area contributed by atoms with E-state index in [4.69, 9.17) is 5.84 Å². The van der Waals surface area contributed by atoms with Gasteiger partial charge in [0.05, 0.1) is 22.8 Å². The maximum atomic E-state index is 11.9. The molecular weight excluding hydrogens is 288 g/mol. The third-order valence-electron chi connectivity index (χ3n) is 3.06. The molecule has 21 heavy (non-hydrogen) atoms. The van der Waals surface area contributed by atoms with E-state index in [-0.39, 0.29) is 6.54 Å². The lowest BCUT2D eigenvalue weighted by molar-refractivity contribution is -0.139. The molecule has 1 aromatic carbocycles. The molecule has 0 saturated heterocycles. The largest absolute Gasteiger partial charge is 0.343 e. The molecule has 112 valence electrons. The number of nitrogens with zero attached hydrogens (tertiary/aromatic N) is 1. The topological polar surface area (TPSA) is 97.1 Å². The predicted molar refractivity (Wildman–Crippen MR) is 82.5 cm³/mol. The maximum Gasteiger partial charge on any atom is 0.289 e. The molecule has 2 aromatic rings. The number of hydrogen-bond donors (Lipinski definition) is 3. The Balaban J connectivity index is 1.95. The van der Waals surface area contributed by atoms with Crippen molar-refractivity contribution in [1.29, 1.82) is 0 Å². The van der Waals surface area contributed by atoms with E-state index in [1.807, 2.05) is 31.2 Å². The highest BCUT2D eigenvalue weighted by Crippen LogP contribution is 2.21. The van der Waals surface area contributed by atoms with Gasteiger partial charge in [0, 0.05) is 0 Å². The summed E-state index contributed by atoms with van der Waals surface area (Å²) in [5.74, 6) is 4.12. The molecule has 1 amide bonds. The van der Waals surface area contributed by atoms with Crippen LogP contribution in [0.5, 0.6) is 0 Å². The Labute approximate surface area is 126 Å². The number of hydrazine groups is 1. The number of Topliss-reactive ketones (excluding diaryl/α,β-unsaturated/α-hetero) is 1. The summed E-state index contributed by atoms with van der Waals surface area (Å²) in [5, 5.41) is 3.37. The highest BCUT2D eigenvalue weighted by Gasteiger charge is 2.23. The first kappa shape index (κ1) is 15.6. The van der Waals surface area contributed by atoms with Gasteiger partial charge < -0.3 is 5.32 Å². The number of aromatic nitrogens is 1. The summed E-state index contributed by atoms with van der Waals surface area (Å²) in [6, 6.07) is 7.10. The molecule has 0 spiro atoms.